The summed E-state index contributed by atoms with van der Waals surface area (Å²) < 4.78 is 0. The Morgan fingerprint density at radius 1 is 1.43 bits per heavy atom. The Morgan fingerprint density at radius 3 is 2.95 bits per heavy atom. The molecule has 2 aromatic rings. The average Bonchev–Trinajstić information content (AvgIpc) is 2.55. The first kappa shape index (κ1) is 14.1. The fraction of sp³-hybridized carbons (Fsp3) is 0.400. The zero-order valence-corrected chi connectivity index (χ0v) is 12.7. The summed E-state index contributed by atoms with van der Waals surface area (Å²) in [5.41, 5.74) is 0.0785. The molecule has 110 valence electrons. The van der Waals surface area contributed by atoms with Crippen LogP contribution in [0.15, 0.2) is 29.1 Å². The van der Waals surface area contributed by atoms with E-state index in [4.69, 9.17) is 0 Å². The van der Waals surface area contributed by atoms with Gasteiger partial charge in [0, 0.05) is 29.5 Å². The van der Waals surface area contributed by atoms with Gasteiger partial charge < -0.3 is 4.90 Å². The minimum atomic E-state index is -0.261. The third-order valence-corrected chi connectivity index (χ3v) is 5.15. The van der Waals surface area contributed by atoms with E-state index in [1.165, 1.54) is 0 Å². The fourth-order valence-corrected chi connectivity index (χ4v) is 3.76. The SMILES string of the molecule is CCC1CN(C(=O)c2n[nH]c(=O)c3ccccc23)CCS1. The minimum Gasteiger partial charge on any atom is -0.335 e. The van der Waals surface area contributed by atoms with E-state index >= 15 is 0 Å². The third kappa shape index (κ3) is 2.68. The summed E-state index contributed by atoms with van der Waals surface area (Å²) in [6.07, 6.45) is 1.05. The van der Waals surface area contributed by atoms with Gasteiger partial charge in [-0.1, -0.05) is 25.1 Å². The molecule has 1 saturated heterocycles. The Labute approximate surface area is 126 Å². The molecule has 0 radical (unpaired) electrons. The summed E-state index contributed by atoms with van der Waals surface area (Å²) in [4.78, 5) is 26.3. The van der Waals surface area contributed by atoms with Crippen LogP contribution in [0.4, 0.5) is 0 Å². The van der Waals surface area contributed by atoms with Gasteiger partial charge in [-0.2, -0.15) is 16.9 Å². The van der Waals surface area contributed by atoms with E-state index in [0.29, 0.717) is 21.7 Å². The molecule has 2 heterocycles. The van der Waals surface area contributed by atoms with Gasteiger partial charge in [-0.15, -0.1) is 0 Å². The van der Waals surface area contributed by atoms with Crippen LogP contribution in [0.25, 0.3) is 10.8 Å². The van der Waals surface area contributed by atoms with Crippen molar-refractivity contribution in [2.45, 2.75) is 18.6 Å². The van der Waals surface area contributed by atoms with Crippen LogP contribution in [-0.4, -0.2) is 45.1 Å². The number of thioether (sulfide) groups is 1. The summed E-state index contributed by atoms with van der Waals surface area (Å²) in [5, 5.41) is 8.04. The van der Waals surface area contributed by atoms with Gasteiger partial charge in [0.15, 0.2) is 5.69 Å². The van der Waals surface area contributed by atoms with Gasteiger partial charge in [0.1, 0.15) is 0 Å². The summed E-state index contributed by atoms with van der Waals surface area (Å²) in [6.45, 7) is 3.61. The van der Waals surface area contributed by atoms with Crippen LogP contribution in [0.2, 0.25) is 0 Å². The molecule has 1 atom stereocenters. The monoisotopic (exact) mass is 303 g/mol. The van der Waals surface area contributed by atoms with Crippen LogP contribution < -0.4 is 5.56 Å². The lowest BCUT2D eigenvalue weighted by atomic mass is 10.1. The molecule has 0 spiro atoms. The maximum Gasteiger partial charge on any atom is 0.275 e. The van der Waals surface area contributed by atoms with Crippen LogP contribution in [0.3, 0.4) is 0 Å². The van der Waals surface area contributed by atoms with Crippen LogP contribution in [-0.2, 0) is 0 Å². The van der Waals surface area contributed by atoms with Gasteiger partial charge >= 0.3 is 0 Å². The first-order valence-electron chi connectivity index (χ1n) is 7.09. The highest BCUT2D eigenvalue weighted by atomic mass is 32.2. The largest absolute Gasteiger partial charge is 0.335 e. The summed E-state index contributed by atoms with van der Waals surface area (Å²) in [5.74, 6) is 0.854. The highest BCUT2D eigenvalue weighted by molar-refractivity contribution is 8.00. The number of carbonyl (C=O) groups excluding carboxylic acids is 1. The number of rotatable bonds is 2. The van der Waals surface area contributed by atoms with Crippen molar-refractivity contribution in [1.29, 1.82) is 0 Å². The topological polar surface area (TPSA) is 66.1 Å². The number of nitrogens with zero attached hydrogens (tertiary/aromatic N) is 2. The molecule has 21 heavy (non-hydrogen) atoms. The summed E-state index contributed by atoms with van der Waals surface area (Å²) >= 11 is 1.91. The number of aromatic nitrogens is 2. The average molecular weight is 303 g/mol. The summed E-state index contributed by atoms with van der Waals surface area (Å²) in [6, 6.07) is 7.10. The molecule has 3 rings (SSSR count). The molecular weight excluding hydrogens is 286 g/mol. The van der Waals surface area contributed by atoms with Gasteiger partial charge in [0.25, 0.3) is 11.5 Å². The lowest BCUT2D eigenvalue weighted by molar-refractivity contribution is 0.0756. The Bertz CT molecular complexity index is 728. The number of hydrogen-bond donors (Lipinski definition) is 1. The molecule has 0 aliphatic carbocycles. The van der Waals surface area contributed by atoms with Gasteiger partial charge in [-0.25, -0.2) is 5.10 Å². The Balaban J connectivity index is 1.98. The normalized spacial score (nSPS) is 18.9. The second-order valence-electron chi connectivity index (χ2n) is 5.10. The van der Waals surface area contributed by atoms with E-state index in [-0.39, 0.29) is 11.5 Å². The number of H-pyrrole nitrogens is 1. The number of fused-ring (bicyclic) bond motifs is 1. The van der Waals surface area contributed by atoms with Crippen LogP contribution >= 0.6 is 11.8 Å². The minimum absolute atomic E-state index is 0.0961. The lowest BCUT2D eigenvalue weighted by Gasteiger charge is -2.31. The molecule has 0 bridgehead atoms. The van der Waals surface area contributed by atoms with E-state index in [0.717, 1.165) is 25.3 Å². The van der Waals surface area contributed by atoms with Crippen molar-refractivity contribution >= 4 is 28.4 Å². The standard InChI is InChI=1S/C15H17N3O2S/c1-2-10-9-18(7-8-21-10)15(20)13-11-5-3-4-6-12(11)14(19)17-16-13/h3-6,10H,2,7-9H2,1H3,(H,17,19). The van der Waals surface area contributed by atoms with Crippen molar-refractivity contribution in [2.24, 2.45) is 0 Å². The zero-order valence-electron chi connectivity index (χ0n) is 11.8. The highest BCUT2D eigenvalue weighted by Gasteiger charge is 2.26. The molecule has 5 nitrogen and oxygen atoms in total. The number of benzene rings is 1. The predicted molar refractivity (Wildman–Crippen MR) is 84.8 cm³/mol. The highest BCUT2D eigenvalue weighted by Crippen LogP contribution is 2.23. The van der Waals surface area contributed by atoms with Gasteiger partial charge in [0.2, 0.25) is 0 Å². The number of aromatic amines is 1. The molecule has 1 amide bonds. The second kappa shape index (κ2) is 5.89. The summed E-state index contributed by atoms with van der Waals surface area (Å²) in [7, 11) is 0. The van der Waals surface area contributed by atoms with Gasteiger partial charge in [-0.3, -0.25) is 9.59 Å². The number of nitrogens with one attached hydrogen (secondary N) is 1. The molecule has 1 aliphatic heterocycles. The maximum atomic E-state index is 12.7. The molecule has 0 saturated carbocycles. The molecule has 1 aromatic heterocycles. The Morgan fingerprint density at radius 2 is 2.19 bits per heavy atom. The molecule has 6 heteroatoms. The van der Waals surface area contributed by atoms with Crippen molar-refractivity contribution in [3.8, 4) is 0 Å². The third-order valence-electron chi connectivity index (χ3n) is 3.78. The smallest absolute Gasteiger partial charge is 0.275 e. The maximum absolute atomic E-state index is 12.7. The van der Waals surface area contributed by atoms with Crippen LogP contribution in [0, 0.1) is 0 Å². The predicted octanol–water partition coefficient (Wildman–Crippen LogP) is 1.89. The van der Waals surface area contributed by atoms with Crippen LogP contribution in [0.1, 0.15) is 23.8 Å². The fourth-order valence-electron chi connectivity index (χ4n) is 2.58. The number of amides is 1. The molecule has 1 aromatic carbocycles. The van der Waals surface area contributed by atoms with E-state index < -0.39 is 0 Å². The molecular formula is C15H17N3O2S. The van der Waals surface area contributed by atoms with Crippen molar-refractivity contribution in [3.05, 3.63) is 40.3 Å². The van der Waals surface area contributed by atoms with E-state index in [2.05, 4.69) is 17.1 Å². The van der Waals surface area contributed by atoms with E-state index in [1.807, 2.05) is 22.7 Å². The molecule has 1 unspecified atom stereocenters. The first-order valence-corrected chi connectivity index (χ1v) is 8.14. The van der Waals surface area contributed by atoms with Gasteiger partial charge in [0.05, 0.1) is 5.39 Å². The zero-order chi connectivity index (χ0) is 14.8. The quantitative estimate of drug-likeness (QED) is 0.920. The molecule has 1 N–H and O–H groups in total. The van der Waals surface area contributed by atoms with Crippen LogP contribution in [0.5, 0.6) is 0 Å². The molecule has 1 aliphatic rings. The molecule has 1 fully saturated rings. The second-order valence-corrected chi connectivity index (χ2v) is 6.51. The van der Waals surface area contributed by atoms with E-state index in [9.17, 15) is 9.59 Å². The van der Waals surface area contributed by atoms with Crippen molar-refractivity contribution in [2.75, 3.05) is 18.8 Å². The number of carbonyl (C=O) groups is 1. The van der Waals surface area contributed by atoms with Gasteiger partial charge in [-0.05, 0) is 12.5 Å². The van der Waals surface area contributed by atoms with E-state index in [1.54, 1.807) is 18.2 Å². The van der Waals surface area contributed by atoms with Crippen molar-refractivity contribution in [3.63, 3.8) is 0 Å². The van der Waals surface area contributed by atoms with Crippen molar-refractivity contribution < 1.29 is 4.79 Å². The number of hydrogen-bond acceptors (Lipinski definition) is 4. The first-order chi connectivity index (χ1) is 10.2. The lowest BCUT2D eigenvalue weighted by Crippen LogP contribution is -2.42. The Kier molecular flexibility index (Phi) is 3.96. The van der Waals surface area contributed by atoms with Crippen molar-refractivity contribution in [1.82, 2.24) is 15.1 Å². The Hall–Kier alpha value is -1.82.